The second kappa shape index (κ2) is 15.0. The molecule has 65 heavy (non-hydrogen) atoms. The van der Waals surface area contributed by atoms with Gasteiger partial charge in [-0.1, -0.05) is 0 Å². The van der Waals surface area contributed by atoms with Crippen LogP contribution < -0.4 is 25.4 Å². The van der Waals surface area contributed by atoms with Gasteiger partial charge in [-0.2, -0.15) is 0 Å². The highest BCUT2D eigenvalue weighted by Crippen LogP contribution is 2.42. The molecule has 5 N–H and O–H groups in total. The number of nitrogens with zero attached hydrogens (tertiary/aromatic N) is 5. The summed E-state index contributed by atoms with van der Waals surface area (Å²) in [5.74, 6) is 2.83. The average Bonchev–Trinajstić information content (AvgIpc) is 3.86. The van der Waals surface area contributed by atoms with Crippen molar-refractivity contribution in [1.29, 1.82) is 0 Å². The molecule has 0 radical (unpaired) electrons. The zero-order valence-electron chi connectivity index (χ0n) is 37.0. The molecule has 6 aliphatic rings. The third kappa shape index (κ3) is 7.06. The van der Waals surface area contributed by atoms with E-state index in [4.69, 9.17) is 24.2 Å². The zero-order valence-corrected chi connectivity index (χ0v) is 37.0. The van der Waals surface area contributed by atoms with Crippen molar-refractivity contribution in [2.75, 3.05) is 40.4 Å². The van der Waals surface area contributed by atoms with Gasteiger partial charge in [0.2, 0.25) is 0 Å². The molecule has 3 amide bonds. The van der Waals surface area contributed by atoms with Gasteiger partial charge in [-0.15, -0.1) is 0 Å². The van der Waals surface area contributed by atoms with E-state index in [9.17, 15) is 14.4 Å². The van der Waals surface area contributed by atoms with Gasteiger partial charge >= 0.3 is 6.09 Å². The molecule has 12 rings (SSSR count). The second-order valence-corrected chi connectivity index (χ2v) is 19.0. The highest BCUT2D eigenvalue weighted by molar-refractivity contribution is 6.02. The van der Waals surface area contributed by atoms with Crippen molar-refractivity contribution in [2.45, 2.75) is 76.0 Å². The zero-order chi connectivity index (χ0) is 44.8. The van der Waals surface area contributed by atoms with E-state index in [0.29, 0.717) is 31.2 Å². The van der Waals surface area contributed by atoms with Crippen molar-refractivity contribution < 1.29 is 28.6 Å². The SMILES string of the molecule is COc1ccc(-c2ncc3c(n2)-c2[nH]c4c(c2CC3)C(=O)NC2(C4)CN(C(=O)OC(C)(C)C)C2)cc1.COc1ccc(-c2ncc3c(n2)-c2[nH]c4c(c2CC3)C(=O)NC2(CNC2)C4)cc1. The number of likely N-dealkylation sites (tertiary alicyclic amines) is 1. The van der Waals surface area contributed by atoms with Crippen molar-refractivity contribution in [3.05, 3.63) is 106 Å². The molecular weight excluding hydrogens is 825 g/mol. The van der Waals surface area contributed by atoms with Crippen LogP contribution in [0.15, 0.2) is 60.9 Å². The highest BCUT2D eigenvalue weighted by Gasteiger charge is 2.52. The minimum absolute atomic E-state index is 0.0399. The lowest BCUT2D eigenvalue weighted by Crippen LogP contribution is -2.74. The number of aromatic nitrogens is 6. The van der Waals surface area contributed by atoms with E-state index >= 15 is 0 Å². The molecular formula is C49H50N10O6. The number of fused-ring (bicyclic) bond motifs is 10. The lowest BCUT2D eigenvalue weighted by molar-refractivity contribution is -0.0169. The Morgan fingerprint density at radius 3 is 1.55 bits per heavy atom. The van der Waals surface area contributed by atoms with E-state index in [1.165, 1.54) is 0 Å². The van der Waals surface area contributed by atoms with E-state index in [1.54, 1.807) is 19.1 Å². The van der Waals surface area contributed by atoms with Gasteiger partial charge < -0.3 is 45.0 Å². The Hall–Kier alpha value is -7.07. The Labute approximate surface area is 375 Å². The molecule has 4 aliphatic heterocycles. The number of aryl methyl sites for hydroxylation is 2. The molecule has 16 heteroatoms. The molecule has 0 bridgehead atoms. The van der Waals surface area contributed by atoms with E-state index in [1.807, 2.05) is 81.7 Å². The molecule has 332 valence electrons. The summed E-state index contributed by atoms with van der Waals surface area (Å²) < 4.78 is 16.0. The minimum Gasteiger partial charge on any atom is -0.497 e. The molecule has 0 unspecified atom stereocenters. The molecule has 0 atom stereocenters. The van der Waals surface area contributed by atoms with Crippen LogP contribution in [0.25, 0.3) is 45.6 Å². The van der Waals surface area contributed by atoms with Gasteiger partial charge in [0, 0.05) is 73.9 Å². The van der Waals surface area contributed by atoms with Crippen LogP contribution in [0.1, 0.15) is 75.1 Å². The number of ether oxygens (including phenoxy) is 3. The van der Waals surface area contributed by atoms with Crippen LogP contribution in [-0.2, 0) is 43.3 Å². The molecule has 2 aromatic carbocycles. The van der Waals surface area contributed by atoms with Crippen LogP contribution in [-0.4, -0.2) is 110 Å². The first-order chi connectivity index (χ1) is 31.3. The number of methoxy groups -OCH3 is 2. The lowest BCUT2D eigenvalue weighted by atomic mass is 9.80. The fraction of sp³-hybridized carbons (Fsp3) is 0.367. The summed E-state index contributed by atoms with van der Waals surface area (Å²) in [7, 11) is 3.29. The molecule has 16 nitrogen and oxygen atoms in total. The van der Waals surface area contributed by atoms with Crippen LogP contribution in [0, 0.1) is 0 Å². The van der Waals surface area contributed by atoms with Gasteiger partial charge in [0.25, 0.3) is 11.8 Å². The summed E-state index contributed by atoms with van der Waals surface area (Å²) in [5.41, 5.74) is 12.1. The molecule has 2 saturated heterocycles. The topological polar surface area (TPSA) is 201 Å². The van der Waals surface area contributed by atoms with E-state index in [-0.39, 0.29) is 23.4 Å². The fourth-order valence-corrected chi connectivity index (χ4v) is 10.1. The minimum atomic E-state index is -0.554. The van der Waals surface area contributed by atoms with Crippen LogP contribution in [0.3, 0.4) is 0 Å². The van der Waals surface area contributed by atoms with Crippen molar-refractivity contribution in [2.24, 2.45) is 0 Å². The van der Waals surface area contributed by atoms with Crippen LogP contribution in [0.4, 0.5) is 4.79 Å². The summed E-state index contributed by atoms with van der Waals surface area (Å²) >= 11 is 0. The maximum absolute atomic E-state index is 13.3. The number of aromatic amines is 2. The molecule has 2 fully saturated rings. The Bertz CT molecular complexity index is 2920. The van der Waals surface area contributed by atoms with Crippen molar-refractivity contribution in [3.63, 3.8) is 0 Å². The lowest BCUT2D eigenvalue weighted by Gasteiger charge is -2.51. The van der Waals surface area contributed by atoms with Gasteiger partial charge in [0.1, 0.15) is 17.1 Å². The van der Waals surface area contributed by atoms with Gasteiger partial charge in [-0.25, -0.2) is 24.7 Å². The van der Waals surface area contributed by atoms with Crippen molar-refractivity contribution in [1.82, 2.24) is 50.8 Å². The predicted molar refractivity (Wildman–Crippen MR) is 241 cm³/mol. The van der Waals surface area contributed by atoms with E-state index in [2.05, 4.69) is 35.9 Å². The summed E-state index contributed by atoms with van der Waals surface area (Å²) in [6.07, 6.45) is 8.12. The monoisotopic (exact) mass is 874 g/mol. The number of H-pyrrole nitrogens is 2. The summed E-state index contributed by atoms with van der Waals surface area (Å²) in [4.78, 5) is 66.3. The first-order valence-corrected chi connectivity index (χ1v) is 22.1. The van der Waals surface area contributed by atoms with Crippen molar-refractivity contribution >= 4 is 17.9 Å². The maximum Gasteiger partial charge on any atom is 0.410 e. The molecule has 4 aromatic heterocycles. The third-order valence-corrected chi connectivity index (χ3v) is 13.4. The number of amides is 3. The van der Waals surface area contributed by atoms with Crippen molar-refractivity contribution in [3.8, 4) is 57.1 Å². The fourth-order valence-electron chi connectivity index (χ4n) is 10.1. The molecule has 2 aliphatic carbocycles. The smallest absolute Gasteiger partial charge is 0.410 e. The molecule has 0 saturated carbocycles. The number of hydrogen-bond acceptors (Lipinski definition) is 11. The van der Waals surface area contributed by atoms with Crippen LogP contribution in [0.5, 0.6) is 11.5 Å². The van der Waals surface area contributed by atoms with Gasteiger partial charge in [0.05, 0.1) is 59.2 Å². The number of hydrogen-bond donors (Lipinski definition) is 5. The van der Waals surface area contributed by atoms with Crippen LogP contribution >= 0.6 is 0 Å². The Morgan fingerprint density at radius 1 is 0.662 bits per heavy atom. The average molecular weight is 875 g/mol. The number of carbonyl (C=O) groups excluding carboxylic acids is 3. The quantitative estimate of drug-likeness (QED) is 0.152. The highest BCUT2D eigenvalue weighted by atomic mass is 16.6. The standard InChI is InChI=1S/C27H29N5O4.C22H21N5O2/c1-26(2,3)36-25(34)32-13-27(14-32)11-19-20(24(33)31-27)18-10-7-16-12-28-23(30-21(16)22(18)29-19)15-5-8-17(35-4)9-6-15;1-29-14-5-2-12(3-6-14)20-24-9-13-4-7-15-17-16(25-19(15)18(13)26-20)8-22(10-23-11-22)27-21(17)28/h5-6,8-9,12,29H,7,10-11,13-14H2,1-4H3,(H,31,33);2-3,5-6,9,23,25H,4,7-8,10-11H2,1H3,(H,27,28). The summed E-state index contributed by atoms with van der Waals surface area (Å²) in [5, 5.41) is 9.69. The molecule has 6 aromatic rings. The number of nitrogens with one attached hydrogen (secondary N) is 5. The number of benzene rings is 2. The normalized spacial score (nSPS) is 17.8. The summed E-state index contributed by atoms with van der Waals surface area (Å²) in [6, 6.07) is 15.4. The van der Waals surface area contributed by atoms with E-state index < -0.39 is 11.1 Å². The largest absolute Gasteiger partial charge is 0.497 e. The van der Waals surface area contributed by atoms with Crippen LogP contribution in [0.2, 0.25) is 0 Å². The van der Waals surface area contributed by atoms with Gasteiger partial charge in [-0.05, 0) is 117 Å². The van der Waals surface area contributed by atoms with Gasteiger partial charge in [-0.3, -0.25) is 9.59 Å². The number of rotatable bonds is 4. The maximum atomic E-state index is 13.3. The first-order valence-electron chi connectivity index (χ1n) is 22.1. The van der Waals surface area contributed by atoms with E-state index in [0.717, 1.165) is 135 Å². The number of carbonyl (C=O) groups is 3. The second-order valence-electron chi connectivity index (χ2n) is 19.0. The Kier molecular flexibility index (Phi) is 9.39. The molecule has 2 spiro atoms. The summed E-state index contributed by atoms with van der Waals surface area (Å²) in [6.45, 7) is 8.04. The first kappa shape index (κ1) is 40.7. The third-order valence-electron chi connectivity index (χ3n) is 13.4. The molecule has 8 heterocycles. The Morgan fingerprint density at radius 2 is 1.12 bits per heavy atom. The predicted octanol–water partition coefficient (Wildman–Crippen LogP) is 5.40. The van der Waals surface area contributed by atoms with Gasteiger partial charge in [0.15, 0.2) is 11.6 Å². The Balaban J connectivity index is 0.000000147.